The third-order valence-electron chi connectivity index (χ3n) is 3.04. The molecule has 3 rings (SSSR count). The van der Waals surface area contributed by atoms with Crippen LogP contribution in [0.15, 0.2) is 41.8 Å². The summed E-state index contributed by atoms with van der Waals surface area (Å²) in [6.07, 6.45) is 0. The molecular formula is C16H13NO3SSe. The standard InChI is InChI=1S/C16H13NO3SSe/c1-2-20-16(19)14-13(10-6-3-4-8-12(10)22-14)17-15(18)11-7-5-9-21-11/h3-9H,2H2,1H3,(H,17,18). The fourth-order valence-corrected chi connectivity index (χ4v) is 4.92. The molecule has 3 aromatic rings. The molecule has 0 aliphatic carbocycles. The number of esters is 1. The number of hydrogen-bond acceptors (Lipinski definition) is 4. The van der Waals surface area contributed by atoms with Crippen molar-refractivity contribution in [1.29, 1.82) is 0 Å². The molecule has 1 aromatic carbocycles. The first kappa shape index (κ1) is 15.0. The quantitative estimate of drug-likeness (QED) is 0.559. The molecule has 0 aliphatic rings. The molecule has 2 heterocycles. The van der Waals surface area contributed by atoms with Gasteiger partial charge in [0.15, 0.2) is 0 Å². The number of ether oxygens (including phenoxy) is 1. The Balaban J connectivity index is 2.04. The Bertz CT molecular complexity index is 823. The van der Waals surface area contributed by atoms with Gasteiger partial charge in [0.1, 0.15) is 0 Å². The third kappa shape index (κ3) is 2.86. The van der Waals surface area contributed by atoms with Crippen molar-refractivity contribution in [3.63, 3.8) is 0 Å². The van der Waals surface area contributed by atoms with Crippen LogP contribution in [0.5, 0.6) is 0 Å². The number of carbonyl (C=O) groups excluding carboxylic acids is 2. The normalized spacial score (nSPS) is 10.6. The summed E-state index contributed by atoms with van der Waals surface area (Å²) in [6.45, 7) is 2.10. The predicted molar refractivity (Wildman–Crippen MR) is 89.1 cm³/mol. The molecule has 1 N–H and O–H groups in total. The molecule has 22 heavy (non-hydrogen) atoms. The van der Waals surface area contributed by atoms with Crippen molar-refractivity contribution in [1.82, 2.24) is 0 Å². The SMILES string of the molecule is CCOC(=O)c1[se]c2ccccc2c1NC(=O)c1cccs1. The Morgan fingerprint density at radius 1 is 1.23 bits per heavy atom. The first-order valence-corrected chi connectivity index (χ1v) is 9.33. The van der Waals surface area contributed by atoms with Crippen molar-refractivity contribution in [3.05, 3.63) is 51.1 Å². The molecule has 0 unspecified atom stereocenters. The summed E-state index contributed by atoms with van der Waals surface area (Å²) in [5.74, 6) is -0.542. The Morgan fingerprint density at radius 3 is 2.77 bits per heavy atom. The Hall–Kier alpha value is -1.88. The zero-order chi connectivity index (χ0) is 15.5. The second-order valence-corrected chi connectivity index (χ2v) is 7.61. The van der Waals surface area contributed by atoms with Crippen LogP contribution < -0.4 is 5.32 Å². The van der Waals surface area contributed by atoms with Crippen molar-refractivity contribution < 1.29 is 14.3 Å². The van der Waals surface area contributed by atoms with Gasteiger partial charge in [0, 0.05) is 0 Å². The van der Waals surface area contributed by atoms with Gasteiger partial charge in [0.25, 0.3) is 0 Å². The molecule has 2 aromatic heterocycles. The molecule has 0 fully saturated rings. The maximum atomic E-state index is 12.3. The summed E-state index contributed by atoms with van der Waals surface area (Å²) < 4.78 is 6.78. The van der Waals surface area contributed by atoms with E-state index in [-0.39, 0.29) is 26.4 Å². The van der Waals surface area contributed by atoms with Crippen molar-refractivity contribution in [2.75, 3.05) is 11.9 Å². The topological polar surface area (TPSA) is 55.4 Å². The van der Waals surface area contributed by atoms with E-state index in [2.05, 4.69) is 5.32 Å². The van der Waals surface area contributed by atoms with Gasteiger partial charge in [-0.15, -0.1) is 0 Å². The van der Waals surface area contributed by atoms with Crippen LogP contribution in [0.2, 0.25) is 0 Å². The van der Waals surface area contributed by atoms with Crippen LogP contribution in [0.4, 0.5) is 5.69 Å². The molecule has 1 amide bonds. The number of amides is 1. The number of fused-ring (bicyclic) bond motifs is 1. The van der Waals surface area contributed by atoms with E-state index in [1.165, 1.54) is 11.3 Å². The monoisotopic (exact) mass is 379 g/mol. The second-order valence-electron chi connectivity index (χ2n) is 4.45. The van der Waals surface area contributed by atoms with Gasteiger partial charge in [-0.05, 0) is 0 Å². The molecule has 0 radical (unpaired) electrons. The molecule has 0 saturated carbocycles. The van der Waals surface area contributed by atoms with Crippen LogP contribution in [0.25, 0.3) is 9.65 Å². The molecule has 0 atom stereocenters. The molecule has 112 valence electrons. The number of nitrogens with one attached hydrogen (secondary N) is 1. The Kier molecular flexibility index (Phi) is 4.43. The van der Waals surface area contributed by atoms with E-state index in [0.717, 1.165) is 9.65 Å². The summed E-state index contributed by atoms with van der Waals surface area (Å²) >= 11 is 1.22. The van der Waals surface area contributed by atoms with E-state index in [9.17, 15) is 9.59 Å². The Morgan fingerprint density at radius 2 is 2.05 bits per heavy atom. The van der Waals surface area contributed by atoms with Gasteiger partial charge in [0.2, 0.25) is 0 Å². The van der Waals surface area contributed by atoms with Crippen LogP contribution in [0.1, 0.15) is 25.8 Å². The van der Waals surface area contributed by atoms with Crippen molar-refractivity contribution >= 4 is 53.1 Å². The number of hydrogen-bond donors (Lipinski definition) is 1. The fraction of sp³-hybridized carbons (Fsp3) is 0.125. The first-order chi connectivity index (χ1) is 10.7. The summed E-state index contributed by atoms with van der Waals surface area (Å²) in [5, 5.41) is 5.65. The number of thiophene rings is 1. The maximum absolute atomic E-state index is 12.3. The first-order valence-electron chi connectivity index (χ1n) is 6.74. The van der Waals surface area contributed by atoms with Gasteiger partial charge in [-0.1, -0.05) is 0 Å². The predicted octanol–water partition coefficient (Wildman–Crippen LogP) is 3.39. The average molecular weight is 378 g/mol. The average Bonchev–Trinajstić information content (AvgIpc) is 3.16. The van der Waals surface area contributed by atoms with Gasteiger partial charge < -0.3 is 0 Å². The minimum absolute atomic E-state index is 0.152. The zero-order valence-corrected chi connectivity index (χ0v) is 14.3. The summed E-state index contributed by atoms with van der Waals surface area (Å²) in [7, 11) is 0. The number of anilines is 1. The van der Waals surface area contributed by atoms with E-state index in [1.807, 2.05) is 35.7 Å². The number of benzene rings is 1. The second kappa shape index (κ2) is 6.48. The van der Waals surface area contributed by atoms with E-state index in [1.54, 1.807) is 13.0 Å². The van der Waals surface area contributed by atoms with Gasteiger partial charge >= 0.3 is 137 Å². The van der Waals surface area contributed by atoms with Crippen molar-refractivity contribution in [2.45, 2.75) is 6.92 Å². The molecule has 0 bridgehead atoms. The van der Waals surface area contributed by atoms with E-state index >= 15 is 0 Å². The minimum atomic E-state index is -0.347. The summed E-state index contributed by atoms with van der Waals surface area (Å²) in [6, 6.07) is 11.3. The molecule has 0 aliphatic heterocycles. The van der Waals surface area contributed by atoms with E-state index < -0.39 is 0 Å². The molecule has 0 saturated heterocycles. The van der Waals surface area contributed by atoms with E-state index in [4.69, 9.17) is 4.74 Å². The Labute approximate surface area is 137 Å². The summed E-state index contributed by atoms with van der Waals surface area (Å²) in [4.78, 5) is 25.1. The van der Waals surface area contributed by atoms with Gasteiger partial charge in [-0.2, -0.15) is 0 Å². The van der Waals surface area contributed by atoms with Crippen molar-refractivity contribution in [3.8, 4) is 0 Å². The molecule has 6 heteroatoms. The van der Waals surface area contributed by atoms with E-state index in [0.29, 0.717) is 21.6 Å². The van der Waals surface area contributed by atoms with Crippen molar-refractivity contribution in [2.24, 2.45) is 0 Å². The third-order valence-corrected chi connectivity index (χ3v) is 6.32. The number of carbonyl (C=O) groups is 2. The molecular weight excluding hydrogens is 365 g/mol. The van der Waals surface area contributed by atoms with Gasteiger partial charge in [0.05, 0.1) is 0 Å². The van der Waals surface area contributed by atoms with Crippen LogP contribution in [-0.2, 0) is 4.74 Å². The summed E-state index contributed by atoms with van der Waals surface area (Å²) in [5.41, 5.74) is 0.590. The van der Waals surface area contributed by atoms with Gasteiger partial charge in [-0.3, -0.25) is 0 Å². The number of rotatable bonds is 4. The van der Waals surface area contributed by atoms with Crippen LogP contribution in [0.3, 0.4) is 0 Å². The zero-order valence-electron chi connectivity index (χ0n) is 11.8. The van der Waals surface area contributed by atoms with Crippen LogP contribution >= 0.6 is 11.3 Å². The molecule has 4 nitrogen and oxygen atoms in total. The molecule has 0 spiro atoms. The van der Waals surface area contributed by atoms with Crippen LogP contribution in [-0.4, -0.2) is 33.0 Å². The fourth-order valence-electron chi connectivity index (χ4n) is 2.09. The van der Waals surface area contributed by atoms with Gasteiger partial charge in [-0.25, -0.2) is 0 Å². The van der Waals surface area contributed by atoms with Crippen LogP contribution in [0, 0.1) is 0 Å².